The number of nitrogens with one attached hydrogen (secondary N) is 2. The maximum atomic E-state index is 12.8. The fraction of sp³-hybridized carbons (Fsp3) is 0.550. The number of amides is 4. The topological polar surface area (TPSA) is 78.5 Å². The van der Waals surface area contributed by atoms with Crippen molar-refractivity contribution in [3.05, 3.63) is 34.9 Å². The number of rotatable bonds is 3. The van der Waals surface area contributed by atoms with E-state index in [0.717, 1.165) is 5.56 Å². The van der Waals surface area contributed by atoms with E-state index in [9.17, 15) is 14.4 Å². The predicted octanol–water partition coefficient (Wildman–Crippen LogP) is 2.75. The van der Waals surface area contributed by atoms with E-state index in [-0.39, 0.29) is 17.7 Å². The van der Waals surface area contributed by atoms with Crippen molar-refractivity contribution in [3.8, 4) is 0 Å². The third-order valence-electron chi connectivity index (χ3n) is 5.52. The predicted molar refractivity (Wildman–Crippen MR) is 103 cm³/mol. The van der Waals surface area contributed by atoms with Crippen molar-refractivity contribution in [1.82, 2.24) is 15.5 Å². The molecule has 0 spiro atoms. The minimum absolute atomic E-state index is 0.0655. The average Bonchev–Trinajstić information content (AvgIpc) is 2.90. The van der Waals surface area contributed by atoms with E-state index in [1.54, 1.807) is 6.07 Å². The van der Waals surface area contributed by atoms with Gasteiger partial charge in [-0.15, -0.1) is 0 Å². The highest BCUT2D eigenvalue weighted by atomic mass is 35.5. The molecule has 1 unspecified atom stereocenters. The van der Waals surface area contributed by atoms with Crippen LogP contribution in [0.25, 0.3) is 0 Å². The summed E-state index contributed by atoms with van der Waals surface area (Å²) in [5, 5.41) is 5.84. The van der Waals surface area contributed by atoms with Crippen LogP contribution in [-0.2, 0) is 16.0 Å². The van der Waals surface area contributed by atoms with Crippen molar-refractivity contribution in [2.24, 2.45) is 11.3 Å². The van der Waals surface area contributed by atoms with Gasteiger partial charge in [0.05, 0.1) is 0 Å². The third-order valence-corrected chi connectivity index (χ3v) is 5.89. The van der Waals surface area contributed by atoms with Gasteiger partial charge < -0.3 is 10.2 Å². The van der Waals surface area contributed by atoms with Gasteiger partial charge in [0.1, 0.15) is 5.54 Å². The Kier molecular flexibility index (Phi) is 5.21. The molecule has 2 heterocycles. The standard InChI is InChI=1S/C20H26ClN3O3/c1-19(2,3)17(26)24-10-8-14(9-11-24)20(16(25)22-18(27)23-20)12-13-6-4-5-7-15(13)21/h4-7,14H,8-12H2,1-3H3,(H2,22,23,25,27). The summed E-state index contributed by atoms with van der Waals surface area (Å²) in [7, 11) is 0. The lowest BCUT2D eigenvalue weighted by atomic mass is 9.73. The second-order valence-electron chi connectivity index (χ2n) is 8.46. The molecule has 4 amide bonds. The van der Waals surface area contributed by atoms with E-state index in [0.29, 0.717) is 37.4 Å². The molecule has 2 aliphatic heterocycles. The van der Waals surface area contributed by atoms with E-state index >= 15 is 0 Å². The Labute approximate surface area is 164 Å². The molecule has 27 heavy (non-hydrogen) atoms. The van der Waals surface area contributed by atoms with Crippen LogP contribution in [0, 0.1) is 11.3 Å². The van der Waals surface area contributed by atoms with Crippen LogP contribution < -0.4 is 10.6 Å². The number of hydrogen-bond donors (Lipinski definition) is 2. The number of imide groups is 1. The second kappa shape index (κ2) is 7.15. The minimum atomic E-state index is -1.03. The van der Waals surface area contributed by atoms with E-state index in [1.807, 2.05) is 43.9 Å². The molecule has 1 aromatic carbocycles. The molecule has 146 valence electrons. The number of hydrogen-bond acceptors (Lipinski definition) is 3. The Hall–Kier alpha value is -2.08. The Balaban J connectivity index is 1.82. The maximum Gasteiger partial charge on any atom is 0.322 e. The second-order valence-corrected chi connectivity index (χ2v) is 8.87. The van der Waals surface area contributed by atoms with E-state index in [1.165, 1.54) is 0 Å². The molecule has 2 aliphatic rings. The Bertz CT molecular complexity index is 766. The number of benzene rings is 1. The molecule has 1 atom stereocenters. The molecule has 7 heteroatoms. The number of nitrogens with zero attached hydrogens (tertiary/aromatic N) is 1. The summed E-state index contributed by atoms with van der Waals surface area (Å²) < 4.78 is 0. The fourth-order valence-corrected chi connectivity index (χ4v) is 4.26. The first kappa shape index (κ1) is 19.7. The lowest BCUT2D eigenvalue weighted by molar-refractivity contribution is -0.141. The smallest absolute Gasteiger partial charge is 0.322 e. The van der Waals surface area contributed by atoms with E-state index in [4.69, 9.17) is 11.6 Å². The van der Waals surface area contributed by atoms with Crippen LogP contribution in [0.1, 0.15) is 39.2 Å². The third kappa shape index (κ3) is 3.81. The maximum absolute atomic E-state index is 12.8. The normalized spacial score (nSPS) is 23.9. The molecule has 2 fully saturated rings. The quantitative estimate of drug-likeness (QED) is 0.777. The van der Waals surface area contributed by atoms with Crippen molar-refractivity contribution in [1.29, 1.82) is 0 Å². The Morgan fingerprint density at radius 1 is 1.22 bits per heavy atom. The molecule has 6 nitrogen and oxygen atoms in total. The van der Waals surface area contributed by atoms with Crippen LogP contribution in [0.4, 0.5) is 4.79 Å². The number of halogens is 1. The summed E-state index contributed by atoms with van der Waals surface area (Å²) in [5.41, 5.74) is -0.635. The lowest BCUT2D eigenvalue weighted by Gasteiger charge is -2.42. The largest absolute Gasteiger partial charge is 0.342 e. The molecule has 2 saturated heterocycles. The van der Waals surface area contributed by atoms with E-state index in [2.05, 4.69) is 10.6 Å². The highest BCUT2D eigenvalue weighted by Crippen LogP contribution is 2.36. The van der Waals surface area contributed by atoms with Gasteiger partial charge in [0.25, 0.3) is 5.91 Å². The van der Waals surface area contributed by atoms with Gasteiger partial charge in [-0.3, -0.25) is 14.9 Å². The number of piperidine rings is 1. The molecular weight excluding hydrogens is 366 g/mol. The summed E-state index contributed by atoms with van der Waals surface area (Å²) in [4.78, 5) is 39.1. The number of urea groups is 1. The van der Waals surface area contributed by atoms with Crippen molar-refractivity contribution in [3.63, 3.8) is 0 Å². The summed E-state index contributed by atoms with van der Waals surface area (Å²) in [6.07, 6.45) is 1.64. The van der Waals surface area contributed by atoms with Crippen molar-refractivity contribution >= 4 is 29.4 Å². The Morgan fingerprint density at radius 2 is 1.85 bits per heavy atom. The van der Waals surface area contributed by atoms with Gasteiger partial charge in [-0.05, 0) is 30.4 Å². The van der Waals surface area contributed by atoms with Gasteiger partial charge in [0, 0.05) is 29.9 Å². The van der Waals surface area contributed by atoms with Crippen LogP contribution in [0.15, 0.2) is 24.3 Å². The summed E-state index contributed by atoms with van der Waals surface area (Å²) >= 11 is 6.31. The molecular formula is C20H26ClN3O3. The lowest BCUT2D eigenvalue weighted by Crippen LogP contribution is -2.58. The van der Waals surface area contributed by atoms with Gasteiger partial charge in [-0.2, -0.15) is 0 Å². The summed E-state index contributed by atoms with van der Waals surface area (Å²) in [6, 6.07) is 6.89. The van der Waals surface area contributed by atoms with Crippen LogP contribution in [0.5, 0.6) is 0 Å². The fourth-order valence-electron chi connectivity index (χ4n) is 4.05. The van der Waals surface area contributed by atoms with Crippen molar-refractivity contribution in [2.45, 2.75) is 45.6 Å². The first-order chi connectivity index (χ1) is 12.6. The van der Waals surface area contributed by atoms with Crippen LogP contribution in [0.3, 0.4) is 0 Å². The van der Waals surface area contributed by atoms with Crippen LogP contribution in [-0.4, -0.2) is 41.4 Å². The molecule has 0 radical (unpaired) electrons. The number of likely N-dealkylation sites (tertiary alicyclic amines) is 1. The zero-order chi connectivity index (χ0) is 19.8. The number of carbonyl (C=O) groups is 3. The van der Waals surface area contributed by atoms with Gasteiger partial charge in [-0.1, -0.05) is 50.6 Å². The minimum Gasteiger partial charge on any atom is -0.342 e. The van der Waals surface area contributed by atoms with E-state index < -0.39 is 17.0 Å². The first-order valence-electron chi connectivity index (χ1n) is 9.30. The van der Waals surface area contributed by atoms with Gasteiger partial charge >= 0.3 is 6.03 Å². The molecule has 0 aliphatic carbocycles. The van der Waals surface area contributed by atoms with Crippen LogP contribution in [0.2, 0.25) is 5.02 Å². The first-order valence-corrected chi connectivity index (χ1v) is 9.68. The monoisotopic (exact) mass is 391 g/mol. The Morgan fingerprint density at radius 3 is 2.37 bits per heavy atom. The van der Waals surface area contributed by atoms with Crippen molar-refractivity contribution in [2.75, 3.05) is 13.1 Å². The van der Waals surface area contributed by atoms with Crippen molar-refractivity contribution < 1.29 is 14.4 Å². The molecule has 2 N–H and O–H groups in total. The summed E-state index contributed by atoms with van der Waals surface area (Å²) in [5.74, 6) is -0.265. The molecule has 0 saturated carbocycles. The summed E-state index contributed by atoms with van der Waals surface area (Å²) in [6.45, 7) is 6.88. The molecule has 0 aromatic heterocycles. The highest BCUT2D eigenvalue weighted by Gasteiger charge is 2.52. The number of carbonyl (C=O) groups excluding carboxylic acids is 3. The average molecular weight is 392 g/mol. The molecule has 3 rings (SSSR count). The zero-order valence-corrected chi connectivity index (χ0v) is 16.7. The molecule has 1 aromatic rings. The molecule has 0 bridgehead atoms. The highest BCUT2D eigenvalue weighted by molar-refractivity contribution is 6.31. The zero-order valence-electron chi connectivity index (χ0n) is 16.0. The van der Waals surface area contributed by atoms with Gasteiger partial charge in [-0.25, -0.2) is 4.79 Å². The van der Waals surface area contributed by atoms with Gasteiger partial charge in [0.2, 0.25) is 5.91 Å². The van der Waals surface area contributed by atoms with Gasteiger partial charge in [0.15, 0.2) is 0 Å². The SMILES string of the molecule is CC(C)(C)C(=O)N1CCC(C2(Cc3ccccc3Cl)NC(=O)NC2=O)CC1. The van der Waals surface area contributed by atoms with Crippen LogP contribution >= 0.6 is 11.6 Å².